The van der Waals surface area contributed by atoms with E-state index in [1.165, 1.54) is 11.9 Å². The third kappa shape index (κ3) is 4.15. The zero-order valence-corrected chi connectivity index (χ0v) is 14.1. The summed E-state index contributed by atoms with van der Waals surface area (Å²) in [4.78, 5) is 29.1. The van der Waals surface area contributed by atoms with Crippen LogP contribution in [0.15, 0.2) is 23.2 Å². The van der Waals surface area contributed by atoms with Crippen LogP contribution in [0.2, 0.25) is 0 Å². The van der Waals surface area contributed by atoms with Gasteiger partial charge in [0.15, 0.2) is 0 Å². The molecule has 1 aromatic carbocycles. The molecule has 0 spiro atoms. The molecule has 1 aromatic rings. The lowest BCUT2D eigenvalue weighted by Crippen LogP contribution is -2.41. The van der Waals surface area contributed by atoms with Crippen LogP contribution in [0.1, 0.15) is 45.2 Å². The van der Waals surface area contributed by atoms with Crippen molar-refractivity contribution in [1.29, 1.82) is 0 Å². The molecule has 130 valence electrons. The Labute approximate surface area is 139 Å². The summed E-state index contributed by atoms with van der Waals surface area (Å²) in [5.41, 5.74) is -0.486. The fourth-order valence-electron chi connectivity index (χ4n) is 2.55. The third-order valence-corrected chi connectivity index (χ3v) is 3.57. The Morgan fingerprint density at radius 3 is 2.58 bits per heavy atom. The molecule has 1 aliphatic rings. The van der Waals surface area contributed by atoms with E-state index in [1.54, 1.807) is 20.8 Å². The molecule has 0 N–H and O–H groups in total. The Hall–Kier alpha value is -2.31. The molecule has 0 unspecified atom stereocenters. The van der Waals surface area contributed by atoms with Crippen LogP contribution < -0.4 is 0 Å². The summed E-state index contributed by atoms with van der Waals surface area (Å²) < 4.78 is 32.8. The first-order valence-corrected chi connectivity index (χ1v) is 7.59. The second-order valence-electron chi connectivity index (χ2n) is 6.66. The minimum absolute atomic E-state index is 0.0344. The zero-order valence-electron chi connectivity index (χ0n) is 14.1. The van der Waals surface area contributed by atoms with Crippen molar-refractivity contribution >= 4 is 17.7 Å². The molecule has 0 saturated carbocycles. The predicted molar refractivity (Wildman–Crippen MR) is 84.8 cm³/mol. The molecule has 1 saturated heterocycles. The van der Waals surface area contributed by atoms with Crippen molar-refractivity contribution in [3.8, 4) is 0 Å². The van der Waals surface area contributed by atoms with Crippen LogP contribution in [0.5, 0.6) is 0 Å². The largest absolute Gasteiger partial charge is 0.442 e. The van der Waals surface area contributed by atoms with E-state index in [9.17, 15) is 18.4 Å². The molecule has 7 heteroatoms. The summed E-state index contributed by atoms with van der Waals surface area (Å²) in [5.74, 6) is -1.53. The van der Waals surface area contributed by atoms with E-state index in [1.807, 2.05) is 0 Å². The SMILES string of the molecule is CN1C(=O)CC/C(=N\C(=O)OC(C)(C)C)[C@H]1c1cc(F)ccc1F. The Morgan fingerprint density at radius 1 is 1.29 bits per heavy atom. The monoisotopic (exact) mass is 338 g/mol. The van der Waals surface area contributed by atoms with Gasteiger partial charge in [0.2, 0.25) is 5.91 Å². The summed E-state index contributed by atoms with van der Waals surface area (Å²) in [6.45, 7) is 5.10. The molecule has 1 aliphatic heterocycles. The average molecular weight is 338 g/mol. The maximum Gasteiger partial charge on any atom is 0.434 e. The fourth-order valence-corrected chi connectivity index (χ4v) is 2.55. The van der Waals surface area contributed by atoms with Gasteiger partial charge < -0.3 is 9.64 Å². The number of benzene rings is 1. The standard InChI is InChI=1S/C17H20F2N2O3/c1-17(2,3)24-16(23)20-13-7-8-14(22)21(4)15(13)11-9-10(18)5-6-12(11)19/h5-6,9,15H,7-8H2,1-4H3/b20-13+/t15-/m1/s1. The summed E-state index contributed by atoms with van der Waals surface area (Å²) in [7, 11) is 1.47. The first kappa shape index (κ1) is 18.0. The third-order valence-electron chi connectivity index (χ3n) is 3.57. The van der Waals surface area contributed by atoms with Crippen molar-refractivity contribution in [2.24, 2.45) is 4.99 Å². The minimum atomic E-state index is -0.936. The summed E-state index contributed by atoms with van der Waals surface area (Å²) in [6, 6.07) is 2.06. The lowest BCUT2D eigenvalue weighted by molar-refractivity contribution is -0.131. The molecule has 0 bridgehead atoms. The normalized spacial score (nSPS) is 20.4. The van der Waals surface area contributed by atoms with E-state index in [-0.39, 0.29) is 30.0 Å². The van der Waals surface area contributed by atoms with Crippen LogP contribution >= 0.6 is 0 Å². The molecular weight excluding hydrogens is 318 g/mol. The lowest BCUT2D eigenvalue weighted by Gasteiger charge is -2.34. The Balaban J connectivity index is 2.43. The molecule has 0 radical (unpaired) electrons. The highest BCUT2D eigenvalue weighted by Crippen LogP contribution is 2.31. The number of likely N-dealkylation sites (tertiary alicyclic amines) is 1. The van der Waals surface area contributed by atoms with Gasteiger partial charge in [0.1, 0.15) is 17.2 Å². The fraction of sp³-hybridized carbons (Fsp3) is 0.471. The highest BCUT2D eigenvalue weighted by molar-refractivity contribution is 6.03. The number of amides is 2. The van der Waals surface area contributed by atoms with Gasteiger partial charge in [-0.1, -0.05) is 0 Å². The van der Waals surface area contributed by atoms with Gasteiger partial charge in [0, 0.05) is 19.0 Å². The van der Waals surface area contributed by atoms with Gasteiger partial charge in [-0.25, -0.2) is 13.6 Å². The van der Waals surface area contributed by atoms with Crippen molar-refractivity contribution in [2.45, 2.75) is 45.3 Å². The highest BCUT2D eigenvalue weighted by Gasteiger charge is 2.34. The van der Waals surface area contributed by atoms with Crippen LogP contribution in [0, 0.1) is 11.6 Å². The van der Waals surface area contributed by atoms with E-state index in [2.05, 4.69) is 4.99 Å². The Morgan fingerprint density at radius 2 is 1.96 bits per heavy atom. The minimum Gasteiger partial charge on any atom is -0.442 e. The quantitative estimate of drug-likeness (QED) is 0.785. The number of hydrogen-bond donors (Lipinski definition) is 0. The Kier molecular flexibility index (Phi) is 5.01. The van der Waals surface area contributed by atoms with Gasteiger partial charge in [-0.3, -0.25) is 4.79 Å². The van der Waals surface area contributed by atoms with Crippen molar-refractivity contribution in [3.05, 3.63) is 35.4 Å². The smallest absolute Gasteiger partial charge is 0.434 e. The van der Waals surface area contributed by atoms with Crippen molar-refractivity contribution in [1.82, 2.24) is 4.90 Å². The molecule has 5 nitrogen and oxygen atoms in total. The van der Waals surface area contributed by atoms with Crippen LogP contribution in [0.4, 0.5) is 13.6 Å². The second-order valence-corrected chi connectivity index (χ2v) is 6.66. The van der Waals surface area contributed by atoms with Gasteiger partial charge in [-0.05, 0) is 45.4 Å². The number of aliphatic imine (C=N–C) groups is 1. The van der Waals surface area contributed by atoms with Gasteiger partial charge in [0.25, 0.3) is 0 Å². The number of carbonyl (C=O) groups excluding carboxylic acids is 2. The lowest BCUT2D eigenvalue weighted by atomic mass is 9.92. The first-order chi connectivity index (χ1) is 11.1. The predicted octanol–water partition coefficient (Wildman–Crippen LogP) is 3.63. The average Bonchev–Trinajstić information content (AvgIpc) is 2.44. The van der Waals surface area contributed by atoms with Crippen LogP contribution in [-0.2, 0) is 9.53 Å². The van der Waals surface area contributed by atoms with Crippen molar-refractivity contribution in [3.63, 3.8) is 0 Å². The number of carbonyl (C=O) groups is 2. The summed E-state index contributed by atoms with van der Waals surface area (Å²) in [6.07, 6.45) is -0.490. The maximum atomic E-state index is 14.2. The number of piperidine rings is 1. The molecule has 2 amide bonds. The van der Waals surface area contributed by atoms with Crippen molar-refractivity contribution < 1.29 is 23.1 Å². The number of hydrogen-bond acceptors (Lipinski definition) is 3. The van der Waals surface area contributed by atoms with E-state index in [0.717, 1.165) is 18.2 Å². The van der Waals surface area contributed by atoms with Crippen molar-refractivity contribution in [2.75, 3.05) is 7.05 Å². The molecule has 1 atom stereocenters. The van der Waals surface area contributed by atoms with Gasteiger partial charge in [0.05, 0.1) is 11.8 Å². The van der Waals surface area contributed by atoms with Gasteiger partial charge in [-0.15, -0.1) is 0 Å². The van der Waals surface area contributed by atoms with Gasteiger partial charge in [-0.2, -0.15) is 4.99 Å². The second kappa shape index (κ2) is 6.67. The Bertz CT molecular complexity index is 696. The summed E-state index contributed by atoms with van der Waals surface area (Å²) in [5, 5.41) is 0. The number of rotatable bonds is 1. The van der Waals surface area contributed by atoms with Crippen LogP contribution in [0.25, 0.3) is 0 Å². The maximum absolute atomic E-state index is 14.2. The van der Waals surface area contributed by atoms with E-state index >= 15 is 0 Å². The topological polar surface area (TPSA) is 59.0 Å². The molecule has 1 heterocycles. The van der Waals surface area contributed by atoms with Gasteiger partial charge >= 0.3 is 6.09 Å². The highest BCUT2D eigenvalue weighted by atomic mass is 19.1. The molecule has 0 aromatic heterocycles. The molecule has 1 fully saturated rings. The van der Waals surface area contributed by atoms with E-state index in [0.29, 0.717) is 0 Å². The first-order valence-electron chi connectivity index (χ1n) is 7.59. The summed E-state index contributed by atoms with van der Waals surface area (Å²) >= 11 is 0. The number of ether oxygens (including phenoxy) is 1. The van der Waals surface area contributed by atoms with E-state index < -0.39 is 29.4 Å². The number of halogens is 2. The molecular formula is C17H20F2N2O3. The zero-order chi connectivity index (χ0) is 18.1. The number of nitrogens with zero attached hydrogens (tertiary/aromatic N) is 2. The van der Waals surface area contributed by atoms with E-state index in [4.69, 9.17) is 4.74 Å². The molecule has 24 heavy (non-hydrogen) atoms. The van der Waals surface area contributed by atoms with Crippen LogP contribution in [-0.4, -0.2) is 35.3 Å². The molecule has 0 aliphatic carbocycles. The van der Waals surface area contributed by atoms with Crippen LogP contribution in [0.3, 0.4) is 0 Å². The molecule has 2 rings (SSSR count).